The number of hydrogen-bond donors (Lipinski definition) is 1. The van der Waals surface area contributed by atoms with Crippen LogP contribution in [0, 0.1) is 6.92 Å². The zero-order valence-corrected chi connectivity index (χ0v) is 15.4. The fraction of sp³-hybridized carbons (Fsp3) is 0.381. The third kappa shape index (κ3) is 6.24. The predicted molar refractivity (Wildman–Crippen MR) is 99.2 cm³/mol. The van der Waals surface area contributed by atoms with Crippen molar-refractivity contribution in [1.82, 2.24) is 4.90 Å². The van der Waals surface area contributed by atoms with E-state index in [2.05, 4.69) is 0 Å². The third-order valence-corrected chi connectivity index (χ3v) is 3.69. The molecule has 2 aromatic rings. The van der Waals surface area contributed by atoms with Gasteiger partial charge in [-0.25, -0.2) is 4.79 Å². The van der Waals surface area contributed by atoms with Crippen molar-refractivity contribution in [2.75, 3.05) is 6.54 Å². The van der Waals surface area contributed by atoms with Gasteiger partial charge >= 0.3 is 6.09 Å². The summed E-state index contributed by atoms with van der Waals surface area (Å²) in [6, 6.07) is 17.4. The first-order valence-electron chi connectivity index (χ1n) is 8.51. The van der Waals surface area contributed by atoms with Gasteiger partial charge in [-0.05, 0) is 38.8 Å². The quantitative estimate of drug-likeness (QED) is 0.873. The van der Waals surface area contributed by atoms with Gasteiger partial charge in [-0.3, -0.25) is 0 Å². The molecule has 0 aliphatic rings. The minimum atomic E-state index is -0.767. The monoisotopic (exact) mass is 341 g/mol. The summed E-state index contributed by atoms with van der Waals surface area (Å²) < 4.78 is 5.51. The molecule has 134 valence electrons. The molecule has 0 saturated heterocycles. The summed E-state index contributed by atoms with van der Waals surface area (Å²) in [6.07, 6.45) is -1.20. The molecule has 1 atom stereocenters. The smallest absolute Gasteiger partial charge is 0.410 e. The van der Waals surface area contributed by atoms with E-state index in [0.717, 1.165) is 16.7 Å². The minimum Gasteiger partial charge on any atom is -0.444 e. The van der Waals surface area contributed by atoms with Crippen molar-refractivity contribution in [1.29, 1.82) is 0 Å². The van der Waals surface area contributed by atoms with E-state index < -0.39 is 17.8 Å². The van der Waals surface area contributed by atoms with Crippen LogP contribution in [0.5, 0.6) is 0 Å². The Bertz CT molecular complexity index is 692. The molecule has 2 rings (SSSR count). The topological polar surface area (TPSA) is 49.8 Å². The lowest BCUT2D eigenvalue weighted by molar-refractivity contribution is 0.0124. The Morgan fingerprint density at radius 2 is 1.80 bits per heavy atom. The van der Waals surface area contributed by atoms with E-state index in [1.807, 2.05) is 82.3 Å². The first-order valence-corrected chi connectivity index (χ1v) is 8.51. The van der Waals surface area contributed by atoms with Crippen LogP contribution < -0.4 is 0 Å². The fourth-order valence-electron chi connectivity index (χ4n) is 2.53. The average molecular weight is 341 g/mol. The number of aliphatic hydroxyl groups excluding tert-OH is 1. The molecule has 0 fully saturated rings. The van der Waals surface area contributed by atoms with Gasteiger partial charge in [0.2, 0.25) is 0 Å². The van der Waals surface area contributed by atoms with Gasteiger partial charge in [-0.1, -0.05) is 60.2 Å². The van der Waals surface area contributed by atoms with E-state index in [0.29, 0.717) is 6.54 Å². The SMILES string of the molecule is Cc1cccc(C(O)CN(Cc2ccccc2)C(=O)OC(C)(C)C)c1. The second-order valence-electron chi connectivity index (χ2n) is 7.28. The van der Waals surface area contributed by atoms with Crippen molar-refractivity contribution >= 4 is 6.09 Å². The molecular formula is C21H27NO3. The van der Waals surface area contributed by atoms with Crippen LogP contribution in [-0.2, 0) is 11.3 Å². The lowest BCUT2D eigenvalue weighted by atomic mass is 10.1. The lowest BCUT2D eigenvalue weighted by Crippen LogP contribution is -2.38. The summed E-state index contributed by atoms with van der Waals surface area (Å²) in [5, 5.41) is 10.6. The van der Waals surface area contributed by atoms with E-state index in [-0.39, 0.29) is 6.54 Å². The van der Waals surface area contributed by atoms with Gasteiger partial charge in [0.1, 0.15) is 5.60 Å². The molecule has 2 aromatic carbocycles. The first-order chi connectivity index (χ1) is 11.7. The molecule has 0 aromatic heterocycles. The Morgan fingerprint density at radius 1 is 1.12 bits per heavy atom. The highest BCUT2D eigenvalue weighted by Gasteiger charge is 2.24. The molecule has 0 spiro atoms. The highest BCUT2D eigenvalue weighted by molar-refractivity contribution is 5.68. The maximum atomic E-state index is 12.6. The molecule has 1 amide bonds. The summed E-state index contributed by atoms with van der Waals surface area (Å²) >= 11 is 0. The van der Waals surface area contributed by atoms with Crippen molar-refractivity contribution in [3.63, 3.8) is 0 Å². The summed E-state index contributed by atoms with van der Waals surface area (Å²) in [5.74, 6) is 0. The van der Waals surface area contributed by atoms with Gasteiger partial charge in [0.25, 0.3) is 0 Å². The van der Waals surface area contributed by atoms with E-state index >= 15 is 0 Å². The molecule has 1 N–H and O–H groups in total. The Morgan fingerprint density at radius 3 is 2.40 bits per heavy atom. The molecule has 0 radical (unpaired) electrons. The van der Waals surface area contributed by atoms with Crippen LogP contribution in [0.15, 0.2) is 54.6 Å². The number of nitrogens with zero attached hydrogens (tertiary/aromatic N) is 1. The van der Waals surface area contributed by atoms with E-state index in [1.54, 1.807) is 4.90 Å². The number of aliphatic hydroxyl groups is 1. The third-order valence-electron chi connectivity index (χ3n) is 3.69. The van der Waals surface area contributed by atoms with E-state index in [9.17, 15) is 9.90 Å². The molecule has 25 heavy (non-hydrogen) atoms. The van der Waals surface area contributed by atoms with Crippen LogP contribution in [0.2, 0.25) is 0 Å². The number of carbonyl (C=O) groups excluding carboxylic acids is 1. The van der Waals surface area contributed by atoms with Gasteiger partial charge in [0, 0.05) is 6.54 Å². The number of hydrogen-bond acceptors (Lipinski definition) is 3. The van der Waals surface area contributed by atoms with Crippen molar-refractivity contribution in [2.45, 2.75) is 45.9 Å². The fourth-order valence-corrected chi connectivity index (χ4v) is 2.53. The zero-order valence-electron chi connectivity index (χ0n) is 15.4. The number of amides is 1. The van der Waals surface area contributed by atoms with Crippen LogP contribution in [0.3, 0.4) is 0 Å². The van der Waals surface area contributed by atoms with Crippen molar-refractivity contribution in [3.8, 4) is 0 Å². The molecule has 0 aliphatic heterocycles. The maximum absolute atomic E-state index is 12.6. The highest BCUT2D eigenvalue weighted by Crippen LogP contribution is 2.19. The van der Waals surface area contributed by atoms with E-state index in [4.69, 9.17) is 4.74 Å². The number of rotatable bonds is 5. The Hall–Kier alpha value is -2.33. The highest BCUT2D eigenvalue weighted by atomic mass is 16.6. The average Bonchev–Trinajstić information content (AvgIpc) is 2.53. The molecule has 0 heterocycles. The van der Waals surface area contributed by atoms with Crippen LogP contribution >= 0.6 is 0 Å². The number of carbonyl (C=O) groups is 1. The molecular weight excluding hydrogens is 314 g/mol. The van der Waals surface area contributed by atoms with Gasteiger partial charge in [0.05, 0.1) is 12.6 Å². The molecule has 0 bridgehead atoms. The van der Waals surface area contributed by atoms with Crippen LogP contribution in [-0.4, -0.2) is 28.2 Å². The summed E-state index contributed by atoms with van der Waals surface area (Å²) in [4.78, 5) is 14.1. The van der Waals surface area contributed by atoms with Gasteiger partial charge in [-0.15, -0.1) is 0 Å². The standard InChI is InChI=1S/C21H27NO3/c1-16-9-8-12-18(13-16)19(23)15-22(20(24)25-21(2,3)4)14-17-10-6-5-7-11-17/h5-13,19,23H,14-15H2,1-4H3. The van der Waals surface area contributed by atoms with Crippen LogP contribution in [0.4, 0.5) is 4.79 Å². The Balaban J connectivity index is 2.17. The summed E-state index contributed by atoms with van der Waals surface area (Å²) in [7, 11) is 0. The van der Waals surface area contributed by atoms with Crippen molar-refractivity contribution in [2.24, 2.45) is 0 Å². The van der Waals surface area contributed by atoms with Crippen LogP contribution in [0.25, 0.3) is 0 Å². The number of benzene rings is 2. The van der Waals surface area contributed by atoms with E-state index in [1.165, 1.54) is 0 Å². The predicted octanol–water partition coefficient (Wildman–Crippen LogP) is 4.47. The minimum absolute atomic E-state index is 0.174. The largest absolute Gasteiger partial charge is 0.444 e. The second kappa shape index (κ2) is 8.17. The maximum Gasteiger partial charge on any atom is 0.410 e. The van der Waals surface area contributed by atoms with Gasteiger partial charge in [-0.2, -0.15) is 0 Å². The lowest BCUT2D eigenvalue weighted by Gasteiger charge is -2.29. The summed E-state index contributed by atoms with van der Waals surface area (Å²) in [6.45, 7) is 8.05. The van der Waals surface area contributed by atoms with Gasteiger partial charge < -0.3 is 14.7 Å². The first kappa shape index (κ1) is 19.0. The number of aryl methyl sites for hydroxylation is 1. The summed E-state index contributed by atoms with van der Waals surface area (Å²) in [5.41, 5.74) is 2.27. The second-order valence-corrected chi connectivity index (χ2v) is 7.28. The molecule has 4 heteroatoms. The molecule has 1 unspecified atom stereocenters. The van der Waals surface area contributed by atoms with Crippen molar-refractivity contribution < 1.29 is 14.6 Å². The molecule has 4 nitrogen and oxygen atoms in total. The Labute approximate surface area is 150 Å². The molecule has 0 aliphatic carbocycles. The number of ether oxygens (including phenoxy) is 1. The normalized spacial score (nSPS) is 12.5. The van der Waals surface area contributed by atoms with Crippen LogP contribution in [0.1, 0.15) is 43.6 Å². The Kier molecular flexibility index (Phi) is 6.21. The zero-order chi connectivity index (χ0) is 18.4. The van der Waals surface area contributed by atoms with Crippen molar-refractivity contribution in [3.05, 3.63) is 71.3 Å². The molecule has 0 saturated carbocycles. The van der Waals surface area contributed by atoms with Gasteiger partial charge in [0.15, 0.2) is 0 Å².